The summed E-state index contributed by atoms with van der Waals surface area (Å²) in [6, 6.07) is 15.8. The highest BCUT2D eigenvalue weighted by atomic mass is 16.6. The molecule has 2 amide bonds. The van der Waals surface area contributed by atoms with Crippen LogP contribution in [-0.2, 0) is 9.53 Å². The molecule has 2 N–H and O–H groups in total. The fraction of sp³-hybridized carbons (Fsp3) is 0.440. The van der Waals surface area contributed by atoms with E-state index >= 15 is 0 Å². The number of carbonyl (C=O) groups excluding carboxylic acids is 2. The van der Waals surface area contributed by atoms with Crippen LogP contribution >= 0.6 is 0 Å². The number of rotatable bonds is 5. The maximum absolute atomic E-state index is 13.2. The molecule has 6 heteroatoms. The maximum Gasteiger partial charge on any atom is 0.410 e. The van der Waals surface area contributed by atoms with Gasteiger partial charge in [-0.3, -0.25) is 4.79 Å². The molecule has 0 radical (unpaired) electrons. The van der Waals surface area contributed by atoms with E-state index in [0.717, 1.165) is 24.0 Å². The lowest BCUT2D eigenvalue weighted by Crippen LogP contribution is -2.47. The summed E-state index contributed by atoms with van der Waals surface area (Å²) in [6.45, 7) is 7.99. The number of phenols is 1. The number of phenolic OH excluding ortho intramolecular Hbond substituents is 1. The molecule has 0 aliphatic carbocycles. The molecule has 2 aromatic carbocycles. The first-order valence-corrected chi connectivity index (χ1v) is 10.8. The first-order valence-electron chi connectivity index (χ1n) is 10.8. The number of nitrogens with zero attached hydrogens (tertiary/aromatic N) is 1. The number of carbonyl (C=O) groups is 2. The minimum atomic E-state index is -0.594. The number of hydrogen-bond donors (Lipinski definition) is 2. The minimum absolute atomic E-state index is 0.111. The van der Waals surface area contributed by atoms with Crippen molar-refractivity contribution in [3.8, 4) is 5.75 Å². The molecule has 1 aliphatic heterocycles. The van der Waals surface area contributed by atoms with Gasteiger partial charge in [-0.05, 0) is 63.8 Å². The van der Waals surface area contributed by atoms with Crippen molar-refractivity contribution in [1.82, 2.24) is 10.2 Å². The van der Waals surface area contributed by atoms with Crippen LogP contribution in [0.25, 0.3) is 0 Å². The van der Waals surface area contributed by atoms with Crippen LogP contribution in [-0.4, -0.2) is 40.2 Å². The van der Waals surface area contributed by atoms with E-state index in [1.807, 2.05) is 58.0 Å². The lowest BCUT2D eigenvalue weighted by molar-refractivity contribution is -0.123. The van der Waals surface area contributed by atoms with E-state index in [2.05, 4.69) is 5.32 Å². The summed E-state index contributed by atoms with van der Waals surface area (Å²) in [6.07, 6.45) is 1.22. The predicted molar refractivity (Wildman–Crippen MR) is 120 cm³/mol. The van der Waals surface area contributed by atoms with Crippen molar-refractivity contribution >= 4 is 12.0 Å². The van der Waals surface area contributed by atoms with Gasteiger partial charge in [0.2, 0.25) is 5.91 Å². The smallest absolute Gasteiger partial charge is 0.410 e. The quantitative estimate of drug-likeness (QED) is 0.726. The standard InChI is InChI=1S/C25H32N2O4/c1-17(18-9-6-5-7-10-18)23(29)26-22(19-12-14-20(28)15-13-19)21-11-8-16-27(21)24(30)31-25(2,3)4/h5-7,9-10,12-15,17,21-22,28H,8,11,16H2,1-4H3,(H,26,29)/t17?,21?,22-/m1/s1. The molecule has 1 saturated heterocycles. The van der Waals surface area contributed by atoms with Crippen LogP contribution in [0.5, 0.6) is 5.75 Å². The zero-order valence-electron chi connectivity index (χ0n) is 18.7. The Morgan fingerprint density at radius 1 is 1.06 bits per heavy atom. The average molecular weight is 425 g/mol. The fourth-order valence-electron chi connectivity index (χ4n) is 3.94. The molecule has 0 aromatic heterocycles. The molecule has 3 rings (SSSR count). The summed E-state index contributed by atoms with van der Waals surface area (Å²) in [7, 11) is 0. The molecule has 166 valence electrons. The molecule has 2 aromatic rings. The lowest BCUT2D eigenvalue weighted by Gasteiger charge is -2.34. The van der Waals surface area contributed by atoms with Crippen LogP contribution in [0.3, 0.4) is 0 Å². The van der Waals surface area contributed by atoms with Crippen molar-refractivity contribution in [1.29, 1.82) is 0 Å². The number of hydrogen-bond acceptors (Lipinski definition) is 4. The second-order valence-electron chi connectivity index (χ2n) is 9.09. The first kappa shape index (κ1) is 22.7. The van der Waals surface area contributed by atoms with E-state index in [4.69, 9.17) is 4.74 Å². The molecule has 6 nitrogen and oxygen atoms in total. The highest BCUT2D eigenvalue weighted by molar-refractivity contribution is 5.83. The highest BCUT2D eigenvalue weighted by Crippen LogP contribution is 2.32. The number of ether oxygens (including phenoxy) is 1. The third-order valence-electron chi connectivity index (χ3n) is 5.55. The van der Waals surface area contributed by atoms with Gasteiger partial charge in [-0.15, -0.1) is 0 Å². The maximum atomic E-state index is 13.2. The molecule has 0 bridgehead atoms. The van der Waals surface area contributed by atoms with Crippen molar-refractivity contribution < 1.29 is 19.4 Å². The second kappa shape index (κ2) is 9.41. The summed E-state index contributed by atoms with van der Waals surface area (Å²) in [5.41, 5.74) is 1.18. The average Bonchev–Trinajstić information content (AvgIpc) is 3.21. The van der Waals surface area contributed by atoms with E-state index in [0.29, 0.717) is 6.54 Å². The molecule has 1 aliphatic rings. The lowest BCUT2D eigenvalue weighted by atomic mass is 9.94. The Morgan fingerprint density at radius 3 is 2.32 bits per heavy atom. The van der Waals surface area contributed by atoms with Gasteiger partial charge in [0.05, 0.1) is 18.0 Å². The Bertz CT molecular complexity index is 890. The van der Waals surface area contributed by atoms with Gasteiger partial charge in [0.1, 0.15) is 11.4 Å². The van der Waals surface area contributed by atoms with Gasteiger partial charge in [0, 0.05) is 6.54 Å². The van der Waals surface area contributed by atoms with Crippen LogP contribution in [0.2, 0.25) is 0 Å². The largest absolute Gasteiger partial charge is 0.508 e. The van der Waals surface area contributed by atoms with Crippen LogP contribution in [0, 0.1) is 0 Å². The third-order valence-corrected chi connectivity index (χ3v) is 5.55. The van der Waals surface area contributed by atoms with Crippen molar-refractivity contribution in [3.63, 3.8) is 0 Å². The topological polar surface area (TPSA) is 78.9 Å². The van der Waals surface area contributed by atoms with Crippen molar-refractivity contribution in [2.75, 3.05) is 6.54 Å². The van der Waals surface area contributed by atoms with E-state index in [9.17, 15) is 14.7 Å². The van der Waals surface area contributed by atoms with E-state index < -0.39 is 11.6 Å². The van der Waals surface area contributed by atoms with Crippen molar-refractivity contribution in [2.24, 2.45) is 0 Å². The Hall–Kier alpha value is -3.02. The van der Waals surface area contributed by atoms with Gasteiger partial charge in [0.15, 0.2) is 0 Å². The Labute approximate surface area is 184 Å². The summed E-state index contributed by atoms with van der Waals surface area (Å²) < 4.78 is 5.61. The molecule has 3 atom stereocenters. The van der Waals surface area contributed by atoms with E-state index in [1.165, 1.54) is 0 Å². The van der Waals surface area contributed by atoms with E-state index in [-0.39, 0.29) is 29.7 Å². The molecular formula is C25H32N2O4. The summed E-state index contributed by atoms with van der Waals surface area (Å²) in [5.74, 6) is -0.292. The van der Waals surface area contributed by atoms with Crippen LogP contribution < -0.4 is 5.32 Å². The number of benzene rings is 2. The molecule has 31 heavy (non-hydrogen) atoms. The molecule has 1 fully saturated rings. The van der Waals surface area contributed by atoms with Gasteiger partial charge in [-0.2, -0.15) is 0 Å². The van der Waals surface area contributed by atoms with Crippen LogP contribution in [0.15, 0.2) is 54.6 Å². The van der Waals surface area contributed by atoms with Gasteiger partial charge in [-0.1, -0.05) is 42.5 Å². The monoisotopic (exact) mass is 424 g/mol. The summed E-state index contributed by atoms with van der Waals surface area (Å²) in [4.78, 5) is 27.7. The summed E-state index contributed by atoms with van der Waals surface area (Å²) >= 11 is 0. The first-order chi connectivity index (χ1) is 14.7. The number of amides is 2. The number of likely N-dealkylation sites (tertiary alicyclic amines) is 1. The zero-order chi connectivity index (χ0) is 22.6. The number of aromatic hydroxyl groups is 1. The molecule has 2 unspecified atom stereocenters. The zero-order valence-corrected chi connectivity index (χ0v) is 18.7. The van der Waals surface area contributed by atoms with Crippen LogP contribution in [0.4, 0.5) is 4.79 Å². The van der Waals surface area contributed by atoms with Crippen molar-refractivity contribution in [2.45, 2.75) is 64.1 Å². The van der Waals surface area contributed by atoms with Crippen LogP contribution in [0.1, 0.15) is 63.6 Å². The molecular weight excluding hydrogens is 392 g/mol. The van der Waals surface area contributed by atoms with E-state index in [1.54, 1.807) is 29.2 Å². The van der Waals surface area contributed by atoms with Gasteiger partial charge < -0.3 is 20.1 Å². The van der Waals surface area contributed by atoms with Gasteiger partial charge in [-0.25, -0.2) is 4.79 Å². The normalized spacial score (nSPS) is 18.3. The third kappa shape index (κ3) is 5.78. The fourth-order valence-corrected chi connectivity index (χ4v) is 3.94. The van der Waals surface area contributed by atoms with Gasteiger partial charge >= 0.3 is 6.09 Å². The van der Waals surface area contributed by atoms with Crippen molar-refractivity contribution in [3.05, 3.63) is 65.7 Å². The number of nitrogens with one attached hydrogen (secondary N) is 1. The molecule has 0 saturated carbocycles. The second-order valence-corrected chi connectivity index (χ2v) is 9.09. The Kier molecular flexibility index (Phi) is 6.88. The van der Waals surface area contributed by atoms with Gasteiger partial charge in [0.25, 0.3) is 0 Å². The predicted octanol–water partition coefficient (Wildman–Crippen LogP) is 4.75. The highest BCUT2D eigenvalue weighted by Gasteiger charge is 2.39. The minimum Gasteiger partial charge on any atom is -0.508 e. The molecule has 1 heterocycles. The SMILES string of the molecule is CC(C(=O)N[C@H](c1ccc(O)cc1)C1CCCN1C(=O)OC(C)(C)C)c1ccccc1. The molecule has 0 spiro atoms. The Balaban J connectivity index is 1.87. The summed E-state index contributed by atoms with van der Waals surface area (Å²) in [5, 5.41) is 12.9. The Morgan fingerprint density at radius 2 is 1.71 bits per heavy atom.